The van der Waals surface area contributed by atoms with Crippen LogP contribution in [0, 0.1) is 5.82 Å². The smallest absolute Gasteiger partial charge is 0.130 e. The summed E-state index contributed by atoms with van der Waals surface area (Å²) >= 11 is 0. The molecule has 0 aromatic heterocycles. The van der Waals surface area contributed by atoms with Crippen LogP contribution in [0.5, 0.6) is 11.5 Å². The van der Waals surface area contributed by atoms with E-state index in [1.807, 2.05) is 0 Å². The summed E-state index contributed by atoms with van der Waals surface area (Å²) in [4.78, 5) is 0. The van der Waals surface area contributed by atoms with Gasteiger partial charge in [-0.1, -0.05) is 0 Å². The third kappa shape index (κ3) is 1.96. The lowest BCUT2D eigenvalue weighted by Gasteiger charge is -2.15. The highest BCUT2D eigenvalue weighted by atomic mass is 19.1. The zero-order valence-electron chi connectivity index (χ0n) is 8.50. The molecule has 1 aromatic carbocycles. The lowest BCUT2D eigenvalue weighted by molar-refractivity contribution is 0.375. The molecule has 78 valence electrons. The zero-order valence-corrected chi connectivity index (χ0v) is 8.50. The standard InChI is InChI=1S/C10H14FNO2/c1-6(12)10-8(13-2)4-7(11)5-9(10)14-3/h4-6H,12H2,1-3H3. The quantitative estimate of drug-likeness (QED) is 0.808. The molecule has 0 saturated carbocycles. The molecule has 0 saturated heterocycles. The summed E-state index contributed by atoms with van der Waals surface area (Å²) in [5, 5.41) is 0. The van der Waals surface area contributed by atoms with Crippen LogP contribution in [0.2, 0.25) is 0 Å². The van der Waals surface area contributed by atoms with Gasteiger partial charge in [-0.05, 0) is 6.92 Å². The van der Waals surface area contributed by atoms with Crippen molar-refractivity contribution < 1.29 is 13.9 Å². The minimum atomic E-state index is -0.400. The summed E-state index contributed by atoms with van der Waals surface area (Å²) in [6.45, 7) is 1.79. The van der Waals surface area contributed by atoms with Crippen molar-refractivity contribution in [3.05, 3.63) is 23.5 Å². The van der Waals surface area contributed by atoms with Crippen molar-refractivity contribution in [2.24, 2.45) is 5.73 Å². The molecule has 0 fully saturated rings. The fraction of sp³-hybridized carbons (Fsp3) is 0.400. The molecule has 0 bridgehead atoms. The molecular weight excluding hydrogens is 185 g/mol. The topological polar surface area (TPSA) is 44.5 Å². The Morgan fingerprint density at radius 2 is 1.64 bits per heavy atom. The van der Waals surface area contributed by atoms with Crippen molar-refractivity contribution in [1.82, 2.24) is 0 Å². The first-order valence-corrected chi connectivity index (χ1v) is 4.27. The SMILES string of the molecule is COc1cc(F)cc(OC)c1C(C)N. The number of benzene rings is 1. The Morgan fingerprint density at radius 3 is 1.93 bits per heavy atom. The van der Waals surface area contributed by atoms with Gasteiger partial charge in [0.1, 0.15) is 17.3 Å². The molecule has 14 heavy (non-hydrogen) atoms. The summed E-state index contributed by atoms with van der Waals surface area (Å²) < 4.78 is 23.1. The molecule has 2 N–H and O–H groups in total. The summed E-state index contributed by atoms with van der Waals surface area (Å²) in [6.07, 6.45) is 0. The van der Waals surface area contributed by atoms with E-state index in [1.54, 1.807) is 6.92 Å². The largest absolute Gasteiger partial charge is 0.496 e. The second-order valence-corrected chi connectivity index (χ2v) is 3.01. The normalized spacial score (nSPS) is 12.4. The van der Waals surface area contributed by atoms with E-state index in [-0.39, 0.29) is 6.04 Å². The van der Waals surface area contributed by atoms with E-state index in [9.17, 15) is 4.39 Å². The first-order chi connectivity index (χ1) is 6.60. The van der Waals surface area contributed by atoms with Crippen LogP contribution in [0.15, 0.2) is 12.1 Å². The third-order valence-corrected chi connectivity index (χ3v) is 1.96. The maximum Gasteiger partial charge on any atom is 0.130 e. The minimum Gasteiger partial charge on any atom is -0.496 e. The average Bonchev–Trinajstić information content (AvgIpc) is 2.15. The van der Waals surface area contributed by atoms with Crippen LogP contribution < -0.4 is 15.2 Å². The Balaban J connectivity index is 3.33. The van der Waals surface area contributed by atoms with E-state index in [2.05, 4.69) is 0 Å². The number of halogens is 1. The van der Waals surface area contributed by atoms with Crippen molar-refractivity contribution in [3.8, 4) is 11.5 Å². The molecule has 0 radical (unpaired) electrons. The van der Waals surface area contributed by atoms with Crippen molar-refractivity contribution in [1.29, 1.82) is 0 Å². The first-order valence-electron chi connectivity index (χ1n) is 4.27. The van der Waals surface area contributed by atoms with E-state index >= 15 is 0 Å². The third-order valence-electron chi connectivity index (χ3n) is 1.96. The summed E-state index contributed by atoms with van der Waals surface area (Å²) in [5.41, 5.74) is 6.41. The second-order valence-electron chi connectivity index (χ2n) is 3.01. The molecule has 0 amide bonds. The fourth-order valence-corrected chi connectivity index (χ4v) is 1.36. The van der Waals surface area contributed by atoms with Gasteiger partial charge in [0.05, 0.1) is 19.8 Å². The predicted molar refractivity (Wildman–Crippen MR) is 52.1 cm³/mol. The lowest BCUT2D eigenvalue weighted by Crippen LogP contribution is -2.09. The molecule has 0 aliphatic heterocycles. The van der Waals surface area contributed by atoms with Crippen LogP contribution >= 0.6 is 0 Å². The van der Waals surface area contributed by atoms with Crippen LogP contribution in [0.4, 0.5) is 4.39 Å². The summed E-state index contributed by atoms with van der Waals surface area (Å²) in [5.74, 6) is 0.428. The molecule has 0 aliphatic carbocycles. The molecule has 1 unspecified atom stereocenters. The van der Waals surface area contributed by atoms with Crippen LogP contribution in [0.1, 0.15) is 18.5 Å². The van der Waals surface area contributed by atoms with Gasteiger partial charge in [0.15, 0.2) is 0 Å². The van der Waals surface area contributed by atoms with Crippen LogP contribution in [0.3, 0.4) is 0 Å². The first kappa shape index (κ1) is 10.8. The monoisotopic (exact) mass is 199 g/mol. The minimum absolute atomic E-state index is 0.263. The molecule has 1 aromatic rings. The van der Waals surface area contributed by atoms with Crippen LogP contribution in [0.25, 0.3) is 0 Å². The van der Waals surface area contributed by atoms with Crippen molar-refractivity contribution in [2.75, 3.05) is 14.2 Å². The number of hydrogen-bond acceptors (Lipinski definition) is 3. The predicted octanol–water partition coefficient (Wildman–Crippen LogP) is 1.86. The maximum absolute atomic E-state index is 13.0. The Kier molecular flexibility index (Phi) is 3.30. The van der Waals surface area contributed by atoms with Gasteiger partial charge in [0, 0.05) is 18.2 Å². The summed E-state index contributed by atoms with van der Waals surface area (Å²) in [6, 6.07) is 2.32. The Bertz CT molecular complexity index is 301. The molecule has 1 atom stereocenters. The van der Waals surface area contributed by atoms with Gasteiger partial charge in [-0.2, -0.15) is 0 Å². The van der Waals surface area contributed by atoms with Crippen LogP contribution in [-0.2, 0) is 0 Å². The number of rotatable bonds is 3. The van der Waals surface area contributed by atoms with E-state index in [0.29, 0.717) is 17.1 Å². The van der Waals surface area contributed by atoms with Crippen molar-refractivity contribution in [3.63, 3.8) is 0 Å². The van der Waals surface area contributed by atoms with Crippen molar-refractivity contribution in [2.45, 2.75) is 13.0 Å². The van der Waals surface area contributed by atoms with E-state index in [1.165, 1.54) is 26.4 Å². The number of hydrogen-bond donors (Lipinski definition) is 1. The Morgan fingerprint density at radius 1 is 1.21 bits per heavy atom. The highest BCUT2D eigenvalue weighted by molar-refractivity contribution is 5.47. The number of ether oxygens (including phenoxy) is 2. The van der Waals surface area contributed by atoms with Gasteiger partial charge in [0.2, 0.25) is 0 Å². The van der Waals surface area contributed by atoms with E-state index in [4.69, 9.17) is 15.2 Å². The number of nitrogens with two attached hydrogens (primary N) is 1. The highest BCUT2D eigenvalue weighted by Crippen LogP contribution is 2.33. The Labute approximate surface area is 82.6 Å². The average molecular weight is 199 g/mol. The second kappa shape index (κ2) is 4.28. The molecular formula is C10H14FNO2. The van der Waals surface area contributed by atoms with Gasteiger partial charge in [-0.3, -0.25) is 0 Å². The highest BCUT2D eigenvalue weighted by Gasteiger charge is 2.15. The molecule has 1 rings (SSSR count). The molecule has 0 aliphatic rings. The van der Waals surface area contributed by atoms with Crippen molar-refractivity contribution >= 4 is 0 Å². The Hall–Kier alpha value is -1.29. The molecule has 4 heteroatoms. The molecule has 0 spiro atoms. The summed E-state index contributed by atoms with van der Waals surface area (Å²) in [7, 11) is 2.94. The molecule has 3 nitrogen and oxygen atoms in total. The van der Waals surface area contributed by atoms with Gasteiger partial charge in [0.25, 0.3) is 0 Å². The number of methoxy groups -OCH3 is 2. The van der Waals surface area contributed by atoms with E-state index < -0.39 is 5.82 Å². The maximum atomic E-state index is 13.0. The van der Waals surface area contributed by atoms with Gasteiger partial charge >= 0.3 is 0 Å². The van der Waals surface area contributed by atoms with Gasteiger partial charge < -0.3 is 15.2 Å². The van der Waals surface area contributed by atoms with Gasteiger partial charge in [-0.25, -0.2) is 4.39 Å². The zero-order chi connectivity index (χ0) is 10.7. The molecule has 0 heterocycles. The van der Waals surface area contributed by atoms with Crippen LogP contribution in [-0.4, -0.2) is 14.2 Å². The van der Waals surface area contributed by atoms with Gasteiger partial charge in [-0.15, -0.1) is 0 Å². The lowest BCUT2D eigenvalue weighted by atomic mass is 10.1. The van der Waals surface area contributed by atoms with E-state index in [0.717, 1.165) is 0 Å². The fourth-order valence-electron chi connectivity index (χ4n) is 1.36.